The van der Waals surface area contributed by atoms with Crippen LogP contribution in [0.2, 0.25) is 0 Å². The molecule has 2 fully saturated rings. The lowest BCUT2D eigenvalue weighted by Gasteiger charge is -2.31. The summed E-state index contributed by atoms with van der Waals surface area (Å²) >= 11 is 0. The molecule has 7 nitrogen and oxygen atoms in total. The molecule has 0 atom stereocenters. The molecule has 0 aliphatic heterocycles. The first-order valence-electron chi connectivity index (χ1n) is 10.2. The van der Waals surface area contributed by atoms with Gasteiger partial charge in [0, 0.05) is 0 Å². The molecule has 0 aromatic rings. The van der Waals surface area contributed by atoms with E-state index in [1.54, 1.807) is 0 Å². The van der Waals surface area contributed by atoms with E-state index in [2.05, 4.69) is 0 Å². The van der Waals surface area contributed by atoms with E-state index in [0.717, 1.165) is 31.9 Å². The van der Waals surface area contributed by atoms with Crippen LogP contribution >= 0.6 is 0 Å². The molecule has 0 aromatic carbocycles. The molecule has 2 saturated carbocycles. The maximum Gasteiger partial charge on any atom is 0.309 e. The van der Waals surface area contributed by atoms with Crippen LogP contribution in [0.15, 0.2) is 0 Å². The average molecular weight is 419 g/mol. The van der Waals surface area contributed by atoms with E-state index in [1.165, 1.54) is 0 Å². The van der Waals surface area contributed by atoms with Crippen LogP contribution in [0.4, 0.5) is 0 Å². The lowest BCUT2D eigenvalue weighted by molar-refractivity contribution is -0.165. The minimum atomic E-state index is -3.41. The van der Waals surface area contributed by atoms with Gasteiger partial charge in [0.2, 0.25) is 0 Å². The monoisotopic (exact) mass is 418 g/mol. The normalized spacial score (nSPS) is 29.1. The molecule has 0 spiro atoms. The van der Waals surface area contributed by atoms with Crippen LogP contribution in [0.3, 0.4) is 0 Å². The van der Waals surface area contributed by atoms with Crippen LogP contribution in [-0.2, 0) is 33.4 Å². The maximum absolute atomic E-state index is 12.5. The number of esters is 2. The van der Waals surface area contributed by atoms with E-state index in [0.29, 0.717) is 25.7 Å². The molecule has 28 heavy (non-hydrogen) atoms. The molecule has 2 rings (SSSR count). The number of ether oxygens (including phenoxy) is 2. The predicted molar refractivity (Wildman–Crippen MR) is 104 cm³/mol. The zero-order valence-corrected chi connectivity index (χ0v) is 18.3. The summed E-state index contributed by atoms with van der Waals surface area (Å²) in [5, 5.41) is 0. The topological polar surface area (TPSA) is 96.0 Å². The van der Waals surface area contributed by atoms with Gasteiger partial charge in [0.25, 0.3) is 10.1 Å². The minimum Gasteiger partial charge on any atom is -0.462 e. The van der Waals surface area contributed by atoms with Gasteiger partial charge in [-0.25, -0.2) is 0 Å². The van der Waals surface area contributed by atoms with Crippen molar-refractivity contribution in [1.29, 1.82) is 0 Å². The van der Waals surface area contributed by atoms with Gasteiger partial charge in [0.1, 0.15) is 11.7 Å². The fraction of sp³-hybridized carbons (Fsp3) is 0.900. The van der Waals surface area contributed by atoms with Gasteiger partial charge in [0.05, 0.1) is 24.7 Å². The Labute approximate surface area is 168 Å². The van der Waals surface area contributed by atoms with Crippen LogP contribution in [-0.4, -0.2) is 44.9 Å². The fourth-order valence-electron chi connectivity index (χ4n) is 3.85. The third-order valence-electron chi connectivity index (χ3n) is 5.40. The van der Waals surface area contributed by atoms with Gasteiger partial charge in [-0.1, -0.05) is 0 Å². The van der Waals surface area contributed by atoms with Gasteiger partial charge in [-0.3, -0.25) is 13.8 Å². The fourth-order valence-corrected chi connectivity index (χ4v) is 4.29. The molecular weight excluding hydrogens is 384 g/mol. The lowest BCUT2D eigenvalue weighted by Crippen LogP contribution is -2.34. The van der Waals surface area contributed by atoms with Gasteiger partial charge in [-0.2, -0.15) is 8.42 Å². The number of rotatable bonds is 6. The molecule has 0 unspecified atom stereocenters. The number of carbonyl (C=O) groups is 2. The first-order valence-corrected chi connectivity index (χ1v) is 12.0. The maximum atomic E-state index is 12.5. The van der Waals surface area contributed by atoms with Gasteiger partial charge in [-0.05, 0) is 78.1 Å². The molecule has 0 bridgehead atoms. The van der Waals surface area contributed by atoms with Crippen molar-refractivity contribution in [1.82, 2.24) is 0 Å². The highest BCUT2D eigenvalue weighted by Gasteiger charge is 2.34. The van der Waals surface area contributed by atoms with Gasteiger partial charge in [-0.15, -0.1) is 0 Å². The Morgan fingerprint density at radius 1 is 0.857 bits per heavy atom. The average Bonchev–Trinajstić information content (AvgIpc) is 2.59. The molecule has 0 radical (unpaired) electrons. The summed E-state index contributed by atoms with van der Waals surface area (Å²) < 4.78 is 38.1. The summed E-state index contributed by atoms with van der Waals surface area (Å²) in [5.41, 5.74) is -0.488. The van der Waals surface area contributed by atoms with E-state index in [-0.39, 0.29) is 42.4 Å². The highest BCUT2D eigenvalue weighted by atomic mass is 32.2. The summed E-state index contributed by atoms with van der Waals surface area (Å²) in [6.45, 7) is 5.77. The van der Waals surface area contributed by atoms with Crippen molar-refractivity contribution >= 4 is 22.1 Å². The quantitative estimate of drug-likeness (QED) is 0.483. The van der Waals surface area contributed by atoms with Crippen LogP contribution in [0.5, 0.6) is 0 Å². The van der Waals surface area contributed by atoms with E-state index >= 15 is 0 Å². The molecule has 0 heterocycles. The highest BCUT2D eigenvalue weighted by molar-refractivity contribution is 7.85. The summed E-state index contributed by atoms with van der Waals surface area (Å²) in [4.78, 5) is 24.6. The summed E-state index contributed by atoms with van der Waals surface area (Å²) in [6, 6.07) is 0. The SMILES string of the molecule is CC(C)(C)OC(=O)C1CCC(C(=O)OC2CCC(COS(C)(=O)=O)CC2)CC1. The molecule has 2 aliphatic carbocycles. The Morgan fingerprint density at radius 2 is 1.36 bits per heavy atom. The van der Waals surface area contributed by atoms with Gasteiger partial charge >= 0.3 is 11.9 Å². The number of hydrogen-bond donors (Lipinski definition) is 0. The van der Waals surface area contributed by atoms with Gasteiger partial charge in [0.15, 0.2) is 0 Å². The van der Waals surface area contributed by atoms with E-state index in [9.17, 15) is 18.0 Å². The van der Waals surface area contributed by atoms with E-state index in [1.807, 2.05) is 20.8 Å². The zero-order chi connectivity index (χ0) is 20.9. The molecule has 8 heteroatoms. The Hall–Kier alpha value is -1.15. The lowest BCUT2D eigenvalue weighted by atomic mass is 9.82. The van der Waals surface area contributed by atoms with Crippen molar-refractivity contribution in [3.63, 3.8) is 0 Å². The first-order chi connectivity index (χ1) is 12.9. The zero-order valence-electron chi connectivity index (χ0n) is 17.4. The summed E-state index contributed by atoms with van der Waals surface area (Å²) in [5.74, 6) is -0.431. The standard InChI is InChI=1S/C20H34O7S/c1-20(2,3)27-19(22)16-9-7-15(8-10-16)18(21)26-17-11-5-14(6-12-17)13-25-28(4,23)24/h14-17H,5-13H2,1-4H3. The third kappa shape index (κ3) is 8.07. The van der Waals surface area contributed by atoms with Crippen molar-refractivity contribution in [3.8, 4) is 0 Å². The second kappa shape index (κ2) is 9.57. The molecule has 0 amide bonds. The Kier molecular flexibility index (Phi) is 7.90. The summed E-state index contributed by atoms with van der Waals surface area (Å²) in [7, 11) is -3.41. The van der Waals surface area contributed by atoms with Crippen molar-refractivity contribution < 1.29 is 31.7 Å². The van der Waals surface area contributed by atoms with Gasteiger partial charge < -0.3 is 9.47 Å². The molecular formula is C20H34O7S. The highest BCUT2D eigenvalue weighted by Crippen LogP contribution is 2.33. The Morgan fingerprint density at radius 3 is 1.82 bits per heavy atom. The van der Waals surface area contributed by atoms with Crippen molar-refractivity contribution in [3.05, 3.63) is 0 Å². The van der Waals surface area contributed by atoms with Crippen LogP contribution in [0.25, 0.3) is 0 Å². The van der Waals surface area contributed by atoms with Crippen molar-refractivity contribution in [2.24, 2.45) is 17.8 Å². The Bertz CT molecular complexity index is 634. The summed E-state index contributed by atoms with van der Waals surface area (Å²) in [6.07, 6.45) is 6.61. The Balaban J connectivity index is 1.69. The predicted octanol–water partition coefficient (Wildman–Crippen LogP) is 3.21. The third-order valence-corrected chi connectivity index (χ3v) is 5.96. The van der Waals surface area contributed by atoms with Crippen LogP contribution in [0, 0.1) is 17.8 Å². The van der Waals surface area contributed by atoms with Crippen LogP contribution in [0.1, 0.15) is 72.1 Å². The van der Waals surface area contributed by atoms with E-state index in [4.69, 9.17) is 13.7 Å². The second-order valence-electron chi connectivity index (χ2n) is 9.15. The second-order valence-corrected chi connectivity index (χ2v) is 10.8. The van der Waals surface area contributed by atoms with Crippen LogP contribution < -0.4 is 0 Å². The smallest absolute Gasteiger partial charge is 0.309 e. The number of carbonyl (C=O) groups excluding carboxylic acids is 2. The molecule has 0 saturated heterocycles. The number of hydrogen-bond acceptors (Lipinski definition) is 7. The van der Waals surface area contributed by atoms with Crippen molar-refractivity contribution in [2.75, 3.05) is 12.9 Å². The molecule has 162 valence electrons. The van der Waals surface area contributed by atoms with Crippen molar-refractivity contribution in [2.45, 2.75) is 83.8 Å². The first kappa shape index (κ1) is 23.1. The molecule has 0 aromatic heterocycles. The largest absolute Gasteiger partial charge is 0.462 e. The molecule has 0 N–H and O–H groups in total. The minimum absolute atomic E-state index is 0.106. The van der Waals surface area contributed by atoms with E-state index < -0.39 is 15.7 Å². The molecule has 2 aliphatic rings.